The molecule has 0 saturated heterocycles. The summed E-state index contributed by atoms with van der Waals surface area (Å²) in [5.41, 5.74) is 5.91. The van der Waals surface area contributed by atoms with Crippen LogP contribution in [-0.4, -0.2) is 27.1 Å². The number of rotatable bonds is 4. The molecule has 0 radical (unpaired) electrons. The van der Waals surface area contributed by atoms with E-state index in [-0.39, 0.29) is 22.9 Å². The summed E-state index contributed by atoms with van der Waals surface area (Å²) < 4.78 is 1.89. The minimum atomic E-state index is -0.348. The van der Waals surface area contributed by atoms with E-state index in [4.69, 9.17) is 5.73 Å². The van der Waals surface area contributed by atoms with Crippen LogP contribution in [0.4, 0.5) is 5.69 Å². The largest absolute Gasteiger partial charge is 0.505 e. The Balaban J connectivity index is 1.95. The third kappa shape index (κ3) is 2.85. The van der Waals surface area contributed by atoms with Crippen molar-refractivity contribution in [2.45, 2.75) is 6.42 Å². The Morgan fingerprint density at radius 1 is 1.53 bits per heavy atom. The number of hydrogen-bond donors (Lipinski definition) is 3. The van der Waals surface area contributed by atoms with Gasteiger partial charge in [0.25, 0.3) is 5.91 Å². The fourth-order valence-electron chi connectivity index (χ4n) is 1.77. The van der Waals surface area contributed by atoms with Crippen LogP contribution in [0.2, 0.25) is 0 Å². The molecule has 2 rings (SSSR count). The van der Waals surface area contributed by atoms with Crippen molar-refractivity contribution < 1.29 is 9.90 Å². The lowest BCUT2D eigenvalue weighted by molar-refractivity contribution is 0.0951. The quantitative estimate of drug-likeness (QED) is 0.556. The van der Waals surface area contributed by atoms with Crippen molar-refractivity contribution in [2.24, 2.45) is 7.05 Å². The van der Waals surface area contributed by atoms with Crippen molar-refractivity contribution in [2.75, 3.05) is 12.3 Å². The highest BCUT2D eigenvalue weighted by Crippen LogP contribution is 2.23. The fraction of sp³-hybridized carbons (Fsp3) is 0.231. The van der Waals surface area contributed by atoms with Gasteiger partial charge in [-0.2, -0.15) is 0 Å². The number of aryl methyl sites for hydroxylation is 1. The van der Waals surface area contributed by atoms with E-state index in [0.717, 1.165) is 5.82 Å². The van der Waals surface area contributed by atoms with Crippen LogP contribution in [-0.2, 0) is 13.5 Å². The molecule has 0 aliphatic heterocycles. The van der Waals surface area contributed by atoms with Crippen LogP contribution in [0.25, 0.3) is 0 Å². The highest BCUT2D eigenvalue weighted by Gasteiger charge is 2.12. The zero-order valence-electron chi connectivity index (χ0n) is 10.6. The maximum atomic E-state index is 11.9. The smallest absolute Gasteiger partial charge is 0.255 e. The topological polar surface area (TPSA) is 93.2 Å². The number of nitrogen functional groups attached to an aromatic ring is 1. The van der Waals surface area contributed by atoms with E-state index in [2.05, 4.69) is 10.3 Å². The number of aromatic nitrogens is 2. The molecule has 0 spiro atoms. The minimum absolute atomic E-state index is 0.180. The number of nitrogens with two attached hydrogens (primary N) is 1. The number of nitrogens with zero attached hydrogens (tertiary/aromatic N) is 2. The zero-order chi connectivity index (χ0) is 13.8. The monoisotopic (exact) mass is 260 g/mol. The van der Waals surface area contributed by atoms with Crippen LogP contribution in [0, 0.1) is 0 Å². The number of amides is 1. The van der Waals surface area contributed by atoms with Gasteiger partial charge in [0, 0.05) is 32.4 Å². The lowest BCUT2D eigenvalue weighted by atomic mass is 10.1. The second kappa shape index (κ2) is 5.43. The van der Waals surface area contributed by atoms with Crippen molar-refractivity contribution in [3.63, 3.8) is 0 Å². The second-order valence-electron chi connectivity index (χ2n) is 4.20. The SMILES string of the molecule is Cn1ccnc1CCNC(=O)c1cccc(N)c1O. The van der Waals surface area contributed by atoms with Crippen LogP contribution >= 0.6 is 0 Å². The molecular weight excluding hydrogens is 244 g/mol. The first-order valence-electron chi connectivity index (χ1n) is 5.91. The fourth-order valence-corrected chi connectivity index (χ4v) is 1.77. The average molecular weight is 260 g/mol. The number of phenols is 1. The third-order valence-corrected chi connectivity index (χ3v) is 2.87. The summed E-state index contributed by atoms with van der Waals surface area (Å²) in [5.74, 6) is 0.355. The minimum Gasteiger partial charge on any atom is -0.505 e. The molecule has 6 heteroatoms. The molecule has 0 bridgehead atoms. The molecule has 0 unspecified atom stereocenters. The van der Waals surface area contributed by atoms with Crippen LogP contribution in [0.1, 0.15) is 16.2 Å². The summed E-state index contributed by atoms with van der Waals surface area (Å²) in [4.78, 5) is 16.0. The molecule has 0 aliphatic carbocycles. The molecule has 1 aromatic carbocycles. The maximum Gasteiger partial charge on any atom is 0.255 e. The van der Waals surface area contributed by atoms with E-state index in [1.54, 1.807) is 18.3 Å². The Morgan fingerprint density at radius 3 is 3.00 bits per heavy atom. The van der Waals surface area contributed by atoms with Crippen molar-refractivity contribution in [3.8, 4) is 5.75 Å². The van der Waals surface area contributed by atoms with E-state index in [1.165, 1.54) is 6.07 Å². The summed E-state index contributed by atoms with van der Waals surface area (Å²) in [6.07, 6.45) is 4.18. The van der Waals surface area contributed by atoms with Gasteiger partial charge in [0.2, 0.25) is 0 Å². The molecule has 1 aromatic heterocycles. The van der Waals surface area contributed by atoms with Gasteiger partial charge in [-0.1, -0.05) is 6.07 Å². The van der Waals surface area contributed by atoms with Gasteiger partial charge in [-0.25, -0.2) is 4.98 Å². The van der Waals surface area contributed by atoms with Crippen LogP contribution in [0.5, 0.6) is 5.75 Å². The van der Waals surface area contributed by atoms with Crippen molar-refractivity contribution in [1.29, 1.82) is 0 Å². The first-order chi connectivity index (χ1) is 9.09. The molecule has 19 heavy (non-hydrogen) atoms. The number of para-hydroxylation sites is 1. The summed E-state index contributed by atoms with van der Waals surface area (Å²) in [7, 11) is 1.90. The Bertz CT molecular complexity index is 592. The highest BCUT2D eigenvalue weighted by atomic mass is 16.3. The molecular formula is C13H16N4O2. The number of phenolic OH excluding ortho intramolecular Hbond substituents is 1. The molecule has 100 valence electrons. The van der Waals surface area contributed by atoms with E-state index in [9.17, 15) is 9.90 Å². The lowest BCUT2D eigenvalue weighted by Crippen LogP contribution is -2.26. The summed E-state index contributed by atoms with van der Waals surface area (Å²) in [6.45, 7) is 0.442. The van der Waals surface area contributed by atoms with E-state index in [0.29, 0.717) is 13.0 Å². The molecule has 4 N–H and O–H groups in total. The normalized spacial score (nSPS) is 10.4. The second-order valence-corrected chi connectivity index (χ2v) is 4.20. The van der Waals surface area contributed by atoms with E-state index < -0.39 is 0 Å². The standard InChI is InChI=1S/C13H16N4O2/c1-17-8-7-15-11(17)5-6-16-13(19)9-3-2-4-10(14)12(9)18/h2-4,7-8,18H,5-6,14H2,1H3,(H,16,19). The third-order valence-electron chi connectivity index (χ3n) is 2.87. The lowest BCUT2D eigenvalue weighted by Gasteiger charge is -2.08. The molecule has 2 aromatic rings. The first kappa shape index (κ1) is 12.9. The number of aromatic hydroxyl groups is 1. The Kier molecular flexibility index (Phi) is 3.70. The van der Waals surface area contributed by atoms with Gasteiger partial charge in [-0.05, 0) is 12.1 Å². The summed E-state index contributed by atoms with van der Waals surface area (Å²) in [6, 6.07) is 4.70. The maximum absolute atomic E-state index is 11.9. The van der Waals surface area contributed by atoms with Crippen LogP contribution in [0.15, 0.2) is 30.6 Å². The van der Waals surface area contributed by atoms with E-state index in [1.807, 2.05) is 17.8 Å². The number of hydrogen-bond acceptors (Lipinski definition) is 4. The molecule has 0 saturated carbocycles. The van der Waals surface area contributed by atoms with Crippen LogP contribution < -0.4 is 11.1 Å². The number of nitrogens with one attached hydrogen (secondary N) is 1. The molecule has 1 heterocycles. The first-order valence-corrected chi connectivity index (χ1v) is 5.91. The van der Waals surface area contributed by atoms with Crippen molar-refractivity contribution in [3.05, 3.63) is 42.0 Å². The van der Waals surface area contributed by atoms with Gasteiger partial charge in [0.15, 0.2) is 5.75 Å². The van der Waals surface area contributed by atoms with Crippen LogP contribution in [0.3, 0.4) is 0 Å². The predicted octanol–water partition coefficient (Wildman–Crippen LogP) is 0.680. The summed E-state index contributed by atoms with van der Waals surface area (Å²) in [5, 5.41) is 12.4. The van der Waals surface area contributed by atoms with Gasteiger partial charge in [-0.3, -0.25) is 4.79 Å². The summed E-state index contributed by atoms with van der Waals surface area (Å²) >= 11 is 0. The molecule has 6 nitrogen and oxygen atoms in total. The van der Waals surface area contributed by atoms with Gasteiger partial charge < -0.3 is 20.7 Å². The zero-order valence-corrected chi connectivity index (χ0v) is 10.6. The predicted molar refractivity (Wildman–Crippen MR) is 71.8 cm³/mol. The van der Waals surface area contributed by atoms with Crippen molar-refractivity contribution >= 4 is 11.6 Å². The number of imidazole rings is 1. The Labute approximate surface area is 110 Å². The number of benzene rings is 1. The van der Waals surface area contributed by atoms with Gasteiger partial charge in [0.1, 0.15) is 5.82 Å². The molecule has 0 aliphatic rings. The molecule has 1 amide bonds. The Hall–Kier alpha value is -2.50. The molecule has 0 fully saturated rings. The van der Waals surface area contributed by atoms with Gasteiger partial charge >= 0.3 is 0 Å². The Morgan fingerprint density at radius 2 is 2.32 bits per heavy atom. The van der Waals surface area contributed by atoms with Crippen molar-refractivity contribution in [1.82, 2.24) is 14.9 Å². The highest BCUT2D eigenvalue weighted by molar-refractivity contribution is 5.98. The van der Waals surface area contributed by atoms with E-state index >= 15 is 0 Å². The van der Waals surface area contributed by atoms with Gasteiger partial charge in [-0.15, -0.1) is 0 Å². The number of anilines is 1. The number of carbonyl (C=O) groups is 1. The average Bonchev–Trinajstić information content (AvgIpc) is 2.78. The molecule has 0 atom stereocenters. The van der Waals surface area contributed by atoms with Gasteiger partial charge in [0.05, 0.1) is 11.3 Å². The number of carbonyl (C=O) groups excluding carboxylic acids is 1.